The zero-order valence-electron chi connectivity index (χ0n) is 9.18. The van der Waals surface area contributed by atoms with E-state index in [9.17, 15) is 0 Å². The van der Waals surface area contributed by atoms with Crippen LogP contribution in [0.15, 0.2) is 18.3 Å². The Kier molecular flexibility index (Phi) is 2.77. The highest BCUT2D eigenvalue weighted by molar-refractivity contribution is 5.46. The second-order valence-electron chi connectivity index (χ2n) is 4.11. The molecule has 1 aliphatic rings. The minimum absolute atomic E-state index is 0.258. The van der Waals surface area contributed by atoms with Gasteiger partial charge in [0.05, 0.1) is 24.1 Å². The van der Waals surface area contributed by atoms with Crippen molar-refractivity contribution in [1.29, 1.82) is 0 Å². The summed E-state index contributed by atoms with van der Waals surface area (Å²) in [5.41, 5.74) is 6.31. The molecule has 1 aliphatic heterocycles. The van der Waals surface area contributed by atoms with Crippen molar-refractivity contribution in [3.8, 4) is 0 Å². The van der Waals surface area contributed by atoms with E-state index < -0.39 is 0 Å². The van der Waals surface area contributed by atoms with Crippen LogP contribution >= 0.6 is 0 Å². The van der Waals surface area contributed by atoms with Crippen molar-refractivity contribution < 1.29 is 4.74 Å². The van der Waals surface area contributed by atoms with Crippen molar-refractivity contribution in [2.45, 2.75) is 26.1 Å². The zero-order chi connectivity index (χ0) is 10.8. The predicted octanol–water partition coefficient (Wildman–Crippen LogP) is 1.28. The molecule has 2 rings (SSSR count). The Morgan fingerprint density at radius 2 is 2.00 bits per heavy atom. The maximum absolute atomic E-state index is 5.67. The molecule has 0 saturated carbocycles. The number of morpholine rings is 1. The normalized spacial score (nSPS) is 26.7. The van der Waals surface area contributed by atoms with E-state index in [1.165, 1.54) is 0 Å². The first kappa shape index (κ1) is 10.2. The summed E-state index contributed by atoms with van der Waals surface area (Å²) in [6.07, 6.45) is 2.21. The number of ether oxygens (including phenoxy) is 1. The average molecular weight is 207 g/mol. The number of rotatable bonds is 1. The Hall–Kier alpha value is -1.29. The van der Waals surface area contributed by atoms with Gasteiger partial charge in [-0.25, -0.2) is 4.98 Å². The summed E-state index contributed by atoms with van der Waals surface area (Å²) < 4.78 is 5.67. The third kappa shape index (κ3) is 2.39. The van der Waals surface area contributed by atoms with Gasteiger partial charge < -0.3 is 15.4 Å². The largest absolute Gasteiger partial charge is 0.397 e. The number of nitrogens with two attached hydrogens (primary N) is 1. The lowest BCUT2D eigenvalue weighted by atomic mass is 10.2. The van der Waals surface area contributed by atoms with Gasteiger partial charge in [0.2, 0.25) is 0 Å². The van der Waals surface area contributed by atoms with Gasteiger partial charge in [0.15, 0.2) is 0 Å². The molecule has 0 aliphatic carbocycles. The molecule has 1 aromatic heterocycles. The molecule has 2 heterocycles. The number of nitrogens with zero attached hydrogens (tertiary/aromatic N) is 2. The summed E-state index contributed by atoms with van der Waals surface area (Å²) in [5, 5.41) is 0. The van der Waals surface area contributed by atoms with Crippen molar-refractivity contribution in [2.24, 2.45) is 0 Å². The SMILES string of the molecule is C[C@@H]1CN(c2ccc(N)cn2)C[C@@H](C)O1. The zero-order valence-corrected chi connectivity index (χ0v) is 9.18. The van der Waals surface area contributed by atoms with Gasteiger partial charge in [-0.1, -0.05) is 0 Å². The number of pyridine rings is 1. The Bertz CT molecular complexity index is 315. The van der Waals surface area contributed by atoms with Crippen molar-refractivity contribution in [2.75, 3.05) is 23.7 Å². The standard InChI is InChI=1S/C11H17N3O/c1-8-6-14(7-9(2)15-8)11-4-3-10(12)5-13-11/h3-5,8-9H,6-7,12H2,1-2H3/t8-,9-/m1/s1. The van der Waals surface area contributed by atoms with Gasteiger partial charge in [0.25, 0.3) is 0 Å². The topological polar surface area (TPSA) is 51.4 Å². The van der Waals surface area contributed by atoms with Crippen molar-refractivity contribution in [1.82, 2.24) is 4.98 Å². The van der Waals surface area contributed by atoms with Crippen LogP contribution in [0.3, 0.4) is 0 Å². The van der Waals surface area contributed by atoms with Crippen LogP contribution in [-0.4, -0.2) is 30.3 Å². The number of hydrogen-bond donors (Lipinski definition) is 1. The van der Waals surface area contributed by atoms with Crippen LogP contribution in [0.25, 0.3) is 0 Å². The lowest BCUT2D eigenvalue weighted by Crippen LogP contribution is -2.45. The van der Waals surface area contributed by atoms with Crippen molar-refractivity contribution >= 4 is 11.5 Å². The number of anilines is 2. The number of hydrogen-bond acceptors (Lipinski definition) is 4. The lowest BCUT2D eigenvalue weighted by molar-refractivity contribution is -0.00545. The Labute approximate surface area is 90.0 Å². The molecule has 0 unspecified atom stereocenters. The first-order chi connectivity index (χ1) is 7.15. The van der Waals surface area contributed by atoms with Gasteiger partial charge in [0.1, 0.15) is 5.82 Å². The highest BCUT2D eigenvalue weighted by atomic mass is 16.5. The molecule has 1 fully saturated rings. The minimum atomic E-state index is 0.258. The molecule has 0 bridgehead atoms. The van der Waals surface area contributed by atoms with Crippen LogP contribution in [0.4, 0.5) is 11.5 Å². The summed E-state index contributed by atoms with van der Waals surface area (Å²) in [7, 11) is 0. The summed E-state index contributed by atoms with van der Waals surface area (Å²) >= 11 is 0. The number of aromatic nitrogens is 1. The highest BCUT2D eigenvalue weighted by Gasteiger charge is 2.22. The smallest absolute Gasteiger partial charge is 0.128 e. The molecular weight excluding hydrogens is 190 g/mol. The van der Waals surface area contributed by atoms with E-state index in [-0.39, 0.29) is 12.2 Å². The average Bonchev–Trinajstić information content (AvgIpc) is 2.17. The Morgan fingerprint density at radius 1 is 1.33 bits per heavy atom. The molecule has 2 atom stereocenters. The van der Waals surface area contributed by atoms with E-state index in [4.69, 9.17) is 10.5 Å². The van der Waals surface area contributed by atoms with Gasteiger partial charge in [-0.3, -0.25) is 0 Å². The van der Waals surface area contributed by atoms with Gasteiger partial charge in [-0.05, 0) is 26.0 Å². The van der Waals surface area contributed by atoms with Crippen molar-refractivity contribution in [3.05, 3.63) is 18.3 Å². The molecule has 1 aromatic rings. The first-order valence-corrected chi connectivity index (χ1v) is 5.27. The minimum Gasteiger partial charge on any atom is -0.397 e. The predicted molar refractivity (Wildman–Crippen MR) is 60.9 cm³/mol. The molecule has 82 valence electrons. The molecule has 0 amide bonds. The van der Waals surface area contributed by atoms with E-state index in [0.29, 0.717) is 5.69 Å². The van der Waals surface area contributed by atoms with Crippen molar-refractivity contribution in [3.63, 3.8) is 0 Å². The van der Waals surface area contributed by atoms with E-state index in [1.54, 1.807) is 6.20 Å². The summed E-state index contributed by atoms with van der Waals surface area (Å²) in [4.78, 5) is 6.55. The quantitative estimate of drug-likeness (QED) is 0.753. The fraction of sp³-hybridized carbons (Fsp3) is 0.545. The van der Waals surface area contributed by atoms with Crippen LogP contribution in [-0.2, 0) is 4.74 Å². The van der Waals surface area contributed by atoms with Crippen LogP contribution in [0.2, 0.25) is 0 Å². The second-order valence-corrected chi connectivity index (χ2v) is 4.11. The van der Waals surface area contributed by atoms with E-state index in [0.717, 1.165) is 18.9 Å². The second kappa shape index (κ2) is 4.06. The molecule has 15 heavy (non-hydrogen) atoms. The fourth-order valence-corrected chi connectivity index (χ4v) is 1.95. The molecular formula is C11H17N3O. The maximum Gasteiger partial charge on any atom is 0.128 e. The third-order valence-electron chi connectivity index (χ3n) is 2.51. The third-order valence-corrected chi connectivity index (χ3v) is 2.51. The van der Waals surface area contributed by atoms with Gasteiger partial charge >= 0.3 is 0 Å². The molecule has 4 nitrogen and oxygen atoms in total. The molecule has 0 radical (unpaired) electrons. The molecule has 1 saturated heterocycles. The summed E-state index contributed by atoms with van der Waals surface area (Å²) in [6.45, 7) is 5.95. The van der Waals surface area contributed by atoms with E-state index in [2.05, 4.69) is 23.7 Å². The molecule has 0 aromatic carbocycles. The van der Waals surface area contributed by atoms with Gasteiger partial charge in [0, 0.05) is 13.1 Å². The monoisotopic (exact) mass is 207 g/mol. The fourth-order valence-electron chi connectivity index (χ4n) is 1.95. The molecule has 0 spiro atoms. The molecule has 4 heteroatoms. The summed E-state index contributed by atoms with van der Waals surface area (Å²) in [6, 6.07) is 3.84. The number of nitrogen functional groups attached to an aromatic ring is 1. The van der Waals surface area contributed by atoms with Gasteiger partial charge in [-0.15, -0.1) is 0 Å². The van der Waals surface area contributed by atoms with Crippen LogP contribution in [0, 0.1) is 0 Å². The van der Waals surface area contributed by atoms with Crippen LogP contribution in [0.5, 0.6) is 0 Å². The van der Waals surface area contributed by atoms with Gasteiger partial charge in [-0.2, -0.15) is 0 Å². The first-order valence-electron chi connectivity index (χ1n) is 5.27. The van der Waals surface area contributed by atoms with Crippen LogP contribution in [0.1, 0.15) is 13.8 Å². The maximum atomic E-state index is 5.67. The summed E-state index contributed by atoms with van der Waals surface area (Å²) in [5.74, 6) is 0.978. The van der Waals surface area contributed by atoms with Crippen LogP contribution < -0.4 is 10.6 Å². The van der Waals surface area contributed by atoms with E-state index >= 15 is 0 Å². The Morgan fingerprint density at radius 3 is 2.53 bits per heavy atom. The lowest BCUT2D eigenvalue weighted by Gasteiger charge is -2.36. The van der Waals surface area contributed by atoms with E-state index in [1.807, 2.05) is 12.1 Å². The molecule has 2 N–H and O–H groups in total. The highest BCUT2D eigenvalue weighted by Crippen LogP contribution is 2.18. The Balaban J connectivity index is 2.12.